The minimum Gasteiger partial charge on any atom is -0.356 e. The van der Waals surface area contributed by atoms with E-state index < -0.39 is 0 Å². The van der Waals surface area contributed by atoms with Gasteiger partial charge in [0.05, 0.1) is 11.0 Å². The number of hydrogen-bond acceptors (Lipinski definition) is 2. The Hall–Kier alpha value is -2.82. The van der Waals surface area contributed by atoms with Gasteiger partial charge >= 0.3 is 5.69 Å². The highest BCUT2D eigenvalue weighted by Gasteiger charge is 2.06. The van der Waals surface area contributed by atoms with Crippen molar-refractivity contribution in [1.82, 2.24) is 14.9 Å². The highest BCUT2D eigenvalue weighted by molar-refractivity contribution is 5.76. The van der Waals surface area contributed by atoms with Gasteiger partial charge in [-0.25, -0.2) is 4.79 Å². The Labute approximate surface area is 153 Å². The molecule has 3 rings (SSSR count). The number of fused-ring (bicyclic) bond motifs is 1. The summed E-state index contributed by atoms with van der Waals surface area (Å²) in [5.41, 5.74) is 4.23. The molecule has 1 aromatic heterocycles. The van der Waals surface area contributed by atoms with Crippen LogP contribution in [0.1, 0.15) is 30.4 Å². The number of aromatic nitrogens is 2. The number of aryl methyl sites for hydroxylation is 3. The third kappa shape index (κ3) is 4.42. The second-order valence-corrected chi connectivity index (χ2v) is 6.58. The van der Waals surface area contributed by atoms with Crippen LogP contribution in [-0.4, -0.2) is 22.0 Å². The van der Waals surface area contributed by atoms with Crippen LogP contribution < -0.4 is 11.0 Å². The highest BCUT2D eigenvalue weighted by atomic mass is 16.2. The van der Waals surface area contributed by atoms with E-state index in [4.69, 9.17) is 0 Å². The predicted octanol–water partition coefficient (Wildman–Crippen LogP) is 3.17. The summed E-state index contributed by atoms with van der Waals surface area (Å²) in [4.78, 5) is 26.8. The van der Waals surface area contributed by atoms with Crippen LogP contribution in [0.2, 0.25) is 0 Å². The first-order chi connectivity index (χ1) is 12.6. The van der Waals surface area contributed by atoms with Crippen molar-refractivity contribution in [3.63, 3.8) is 0 Å². The van der Waals surface area contributed by atoms with Crippen LogP contribution in [0.5, 0.6) is 0 Å². The summed E-state index contributed by atoms with van der Waals surface area (Å²) in [5, 5.41) is 2.95. The van der Waals surface area contributed by atoms with Gasteiger partial charge in [0.1, 0.15) is 0 Å². The van der Waals surface area contributed by atoms with Crippen molar-refractivity contribution < 1.29 is 4.79 Å². The van der Waals surface area contributed by atoms with Crippen LogP contribution in [-0.2, 0) is 17.8 Å². The Morgan fingerprint density at radius 1 is 1.08 bits per heavy atom. The topological polar surface area (TPSA) is 66.9 Å². The van der Waals surface area contributed by atoms with Crippen molar-refractivity contribution in [3.05, 3.63) is 70.1 Å². The molecular weight excluding hydrogens is 326 g/mol. The number of hydrogen-bond donors (Lipinski definition) is 2. The molecule has 0 saturated carbocycles. The van der Waals surface area contributed by atoms with Crippen LogP contribution in [0.3, 0.4) is 0 Å². The quantitative estimate of drug-likeness (QED) is 0.612. The molecule has 0 saturated heterocycles. The normalized spacial score (nSPS) is 11.0. The molecule has 0 aliphatic rings. The minimum absolute atomic E-state index is 0.0739. The summed E-state index contributed by atoms with van der Waals surface area (Å²) in [7, 11) is 0. The fraction of sp³-hybridized carbons (Fsp3) is 0.333. The first kappa shape index (κ1) is 18.0. The van der Waals surface area contributed by atoms with E-state index in [1.807, 2.05) is 36.4 Å². The minimum atomic E-state index is -0.101. The molecule has 0 aliphatic heterocycles. The predicted molar refractivity (Wildman–Crippen MR) is 104 cm³/mol. The molecule has 0 fully saturated rings. The summed E-state index contributed by atoms with van der Waals surface area (Å²) in [6.07, 6.45) is 3.02. The van der Waals surface area contributed by atoms with Gasteiger partial charge in [-0.2, -0.15) is 0 Å². The largest absolute Gasteiger partial charge is 0.356 e. The number of nitrogens with zero attached hydrogens (tertiary/aromatic N) is 1. The number of benzene rings is 2. The van der Waals surface area contributed by atoms with Gasteiger partial charge in [-0.15, -0.1) is 0 Å². The Morgan fingerprint density at radius 3 is 2.69 bits per heavy atom. The SMILES string of the molecule is Cc1ccccc1CCCC(=O)NCCCn1c(=O)[nH]c2ccccc21. The van der Waals surface area contributed by atoms with E-state index in [1.54, 1.807) is 4.57 Å². The van der Waals surface area contributed by atoms with E-state index in [-0.39, 0.29) is 11.6 Å². The molecule has 26 heavy (non-hydrogen) atoms. The molecule has 2 N–H and O–H groups in total. The van der Waals surface area contributed by atoms with Crippen molar-refractivity contribution in [1.29, 1.82) is 0 Å². The number of nitrogens with one attached hydrogen (secondary N) is 2. The molecule has 0 spiro atoms. The number of imidazole rings is 1. The van der Waals surface area contributed by atoms with Gasteiger partial charge in [-0.05, 0) is 49.4 Å². The highest BCUT2D eigenvalue weighted by Crippen LogP contribution is 2.11. The van der Waals surface area contributed by atoms with Crippen LogP contribution in [0.4, 0.5) is 0 Å². The van der Waals surface area contributed by atoms with Crippen molar-refractivity contribution in [3.8, 4) is 0 Å². The maximum atomic E-state index is 12.0. The van der Waals surface area contributed by atoms with Crippen LogP contribution in [0.15, 0.2) is 53.3 Å². The average Bonchev–Trinajstić information content (AvgIpc) is 2.96. The smallest absolute Gasteiger partial charge is 0.326 e. The number of para-hydroxylation sites is 2. The average molecular weight is 351 g/mol. The van der Waals surface area contributed by atoms with Crippen LogP contribution in [0, 0.1) is 6.92 Å². The molecule has 2 aromatic carbocycles. The Kier molecular flexibility index (Phi) is 5.89. The molecular formula is C21H25N3O2. The summed E-state index contributed by atoms with van der Waals surface area (Å²) in [6, 6.07) is 15.9. The number of carbonyl (C=O) groups excluding carboxylic acids is 1. The molecule has 1 heterocycles. The van der Waals surface area contributed by atoms with Crippen molar-refractivity contribution in [2.24, 2.45) is 0 Å². The van der Waals surface area contributed by atoms with Crippen LogP contribution >= 0.6 is 0 Å². The molecule has 0 bridgehead atoms. The number of rotatable bonds is 8. The second-order valence-electron chi connectivity index (χ2n) is 6.58. The van der Waals surface area contributed by atoms with Crippen molar-refractivity contribution >= 4 is 16.9 Å². The second kappa shape index (κ2) is 8.52. The molecule has 1 amide bonds. The molecule has 136 valence electrons. The van der Waals surface area contributed by atoms with Crippen molar-refractivity contribution in [2.75, 3.05) is 6.54 Å². The lowest BCUT2D eigenvalue weighted by molar-refractivity contribution is -0.121. The van der Waals surface area contributed by atoms with E-state index in [0.717, 1.165) is 30.3 Å². The fourth-order valence-electron chi connectivity index (χ4n) is 3.21. The lowest BCUT2D eigenvalue weighted by Gasteiger charge is -2.07. The van der Waals surface area contributed by atoms with Crippen molar-refractivity contribution in [2.45, 2.75) is 39.2 Å². The summed E-state index contributed by atoms with van der Waals surface area (Å²) in [6.45, 7) is 3.27. The zero-order valence-electron chi connectivity index (χ0n) is 15.1. The zero-order valence-corrected chi connectivity index (χ0v) is 15.1. The zero-order chi connectivity index (χ0) is 18.4. The molecule has 3 aromatic rings. The van der Waals surface area contributed by atoms with E-state index >= 15 is 0 Å². The van der Waals surface area contributed by atoms with E-state index in [1.165, 1.54) is 11.1 Å². The number of carbonyl (C=O) groups is 1. The molecule has 0 radical (unpaired) electrons. The number of H-pyrrole nitrogens is 1. The molecule has 5 heteroatoms. The standard InChI is InChI=1S/C21H25N3O2/c1-16-8-2-3-9-17(16)10-6-13-20(25)22-14-7-15-24-19-12-5-4-11-18(19)23-21(24)26/h2-5,8-9,11-12H,6-7,10,13-15H2,1H3,(H,22,25)(H,23,26). The van der Waals surface area contributed by atoms with Gasteiger partial charge in [0, 0.05) is 19.5 Å². The lowest BCUT2D eigenvalue weighted by Crippen LogP contribution is -2.26. The van der Waals surface area contributed by atoms with Crippen LogP contribution in [0.25, 0.3) is 11.0 Å². The Balaban J connectivity index is 1.39. The molecule has 0 atom stereocenters. The summed E-state index contributed by atoms with van der Waals surface area (Å²) >= 11 is 0. The first-order valence-corrected chi connectivity index (χ1v) is 9.14. The van der Waals surface area contributed by atoms with Gasteiger partial charge in [0.15, 0.2) is 0 Å². The Bertz CT molecular complexity index is 940. The number of amides is 1. The number of aromatic amines is 1. The summed E-state index contributed by atoms with van der Waals surface area (Å²) in [5.74, 6) is 0.0739. The maximum Gasteiger partial charge on any atom is 0.326 e. The van der Waals surface area contributed by atoms with Gasteiger partial charge in [-0.3, -0.25) is 9.36 Å². The molecule has 5 nitrogen and oxygen atoms in total. The van der Waals surface area contributed by atoms with Gasteiger partial charge in [-0.1, -0.05) is 36.4 Å². The van der Waals surface area contributed by atoms with Gasteiger partial charge in [0.2, 0.25) is 5.91 Å². The first-order valence-electron chi connectivity index (χ1n) is 9.14. The van der Waals surface area contributed by atoms with Gasteiger partial charge in [0.25, 0.3) is 0 Å². The fourth-order valence-corrected chi connectivity index (χ4v) is 3.21. The molecule has 0 aliphatic carbocycles. The third-order valence-corrected chi connectivity index (χ3v) is 4.67. The maximum absolute atomic E-state index is 12.0. The Morgan fingerprint density at radius 2 is 1.85 bits per heavy atom. The van der Waals surface area contributed by atoms with E-state index in [0.29, 0.717) is 19.5 Å². The van der Waals surface area contributed by atoms with E-state index in [2.05, 4.69) is 29.4 Å². The van der Waals surface area contributed by atoms with E-state index in [9.17, 15) is 9.59 Å². The lowest BCUT2D eigenvalue weighted by atomic mass is 10.0. The molecule has 0 unspecified atom stereocenters. The summed E-state index contributed by atoms with van der Waals surface area (Å²) < 4.78 is 1.72. The monoisotopic (exact) mass is 351 g/mol. The third-order valence-electron chi connectivity index (χ3n) is 4.67. The van der Waals surface area contributed by atoms with Gasteiger partial charge < -0.3 is 10.3 Å².